The molecule has 0 fully saturated rings. The molecule has 1 unspecified atom stereocenters. The monoisotopic (exact) mass is 495 g/mol. The van der Waals surface area contributed by atoms with Gasteiger partial charge in [-0.3, -0.25) is 9.59 Å². The van der Waals surface area contributed by atoms with Crippen LogP contribution in [0.15, 0.2) is 53.7 Å². The topological polar surface area (TPSA) is 98.1 Å². The van der Waals surface area contributed by atoms with Gasteiger partial charge < -0.3 is 19.9 Å². The first-order valence-corrected chi connectivity index (χ1v) is 12.7. The molecule has 0 aliphatic heterocycles. The molecule has 2 aromatic carbocycles. The second-order valence-electron chi connectivity index (χ2n) is 8.51. The van der Waals surface area contributed by atoms with Crippen LogP contribution in [0.4, 0.5) is 5.69 Å². The molecule has 0 aliphatic carbocycles. The SMILES string of the molecule is CCn1c(SCC(=O)Nc2ccc(C(C)C)cc2)nnc1C(C)NC(=O)Cc1ccc(OC)cc1. The summed E-state index contributed by atoms with van der Waals surface area (Å²) >= 11 is 1.32. The Labute approximate surface area is 210 Å². The van der Waals surface area contributed by atoms with Gasteiger partial charge in [0.1, 0.15) is 5.75 Å². The van der Waals surface area contributed by atoms with E-state index in [-0.39, 0.29) is 30.0 Å². The summed E-state index contributed by atoms with van der Waals surface area (Å²) in [6.45, 7) is 8.76. The largest absolute Gasteiger partial charge is 0.497 e. The number of hydrogen-bond donors (Lipinski definition) is 2. The minimum Gasteiger partial charge on any atom is -0.497 e. The molecular weight excluding hydrogens is 462 g/mol. The zero-order chi connectivity index (χ0) is 25.4. The van der Waals surface area contributed by atoms with Crippen LogP contribution in [0.1, 0.15) is 56.6 Å². The molecule has 9 heteroatoms. The third kappa shape index (κ3) is 7.32. The fourth-order valence-electron chi connectivity index (χ4n) is 3.59. The number of carbonyl (C=O) groups excluding carboxylic acids is 2. The molecule has 0 saturated heterocycles. The van der Waals surface area contributed by atoms with Gasteiger partial charge in [-0.05, 0) is 55.2 Å². The fraction of sp³-hybridized carbons (Fsp3) is 0.385. The van der Waals surface area contributed by atoms with E-state index in [4.69, 9.17) is 4.74 Å². The molecule has 1 aromatic heterocycles. The van der Waals surface area contributed by atoms with Gasteiger partial charge in [-0.1, -0.05) is 49.9 Å². The van der Waals surface area contributed by atoms with Crippen LogP contribution < -0.4 is 15.4 Å². The van der Waals surface area contributed by atoms with Gasteiger partial charge in [0, 0.05) is 12.2 Å². The smallest absolute Gasteiger partial charge is 0.234 e. The summed E-state index contributed by atoms with van der Waals surface area (Å²) in [6.07, 6.45) is 0.258. The Kier molecular flexibility index (Phi) is 9.31. The molecule has 0 radical (unpaired) electrons. The summed E-state index contributed by atoms with van der Waals surface area (Å²) in [5.74, 6) is 1.84. The normalized spacial score (nSPS) is 11.8. The van der Waals surface area contributed by atoms with Gasteiger partial charge in [0.2, 0.25) is 11.8 Å². The third-order valence-electron chi connectivity index (χ3n) is 5.54. The first-order chi connectivity index (χ1) is 16.8. The molecule has 1 heterocycles. The number of benzene rings is 2. The van der Waals surface area contributed by atoms with E-state index in [0.717, 1.165) is 17.0 Å². The lowest BCUT2D eigenvalue weighted by Crippen LogP contribution is -2.30. The highest BCUT2D eigenvalue weighted by molar-refractivity contribution is 7.99. The predicted molar refractivity (Wildman–Crippen MR) is 139 cm³/mol. The van der Waals surface area contributed by atoms with E-state index < -0.39 is 0 Å². The number of nitrogens with zero attached hydrogens (tertiary/aromatic N) is 3. The Hall–Kier alpha value is -3.33. The molecule has 3 aromatic rings. The number of methoxy groups -OCH3 is 1. The summed E-state index contributed by atoms with van der Waals surface area (Å²) in [6, 6.07) is 15.0. The molecule has 0 spiro atoms. The minimum absolute atomic E-state index is 0.106. The molecule has 8 nitrogen and oxygen atoms in total. The van der Waals surface area contributed by atoms with Crippen LogP contribution in [0.3, 0.4) is 0 Å². The number of thioether (sulfide) groups is 1. The van der Waals surface area contributed by atoms with E-state index in [2.05, 4.69) is 34.7 Å². The van der Waals surface area contributed by atoms with Crippen LogP contribution >= 0.6 is 11.8 Å². The molecular formula is C26H33N5O3S. The molecule has 186 valence electrons. The van der Waals surface area contributed by atoms with Crippen molar-refractivity contribution < 1.29 is 14.3 Å². The number of hydrogen-bond acceptors (Lipinski definition) is 6. The molecule has 3 rings (SSSR count). The van der Waals surface area contributed by atoms with Crippen molar-refractivity contribution in [3.63, 3.8) is 0 Å². The van der Waals surface area contributed by atoms with E-state index >= 15 is 0 Å². The average molecular weight is 496 g/mol. The second-order valence-corrected chi connectivity index (χ2v) is 9.46. The fourth-order valence-corrected chi connectivity index (χ4v) is 4.40. The summed E-state index contributed by atoms with van der Waals surface area (Å²) < 4.78 is 7.08. The highest BCUT2D eigenvalue weighted by Gasteiger charge is 2.20. The zero-order valence-corrected chi connectivity index (χ0v) is 21.7. The molecule has 0 saturated carbocycles. The number of amides is 2. The van der Waals surface area contributed by atoms with Crippen molar-refractivity contribution in [1.29, 1.82) is 0 Å². The highest BCUT2D eigenvalue weighted by atomic mass is 32.2. The number of anilines is 1. The van der Waals surface area contributed by atoms with Crippen molar-refractivity contribution in [2.24, 2.45) is 0 Å². The van der Waals surface area contributed by atoms with E-state index in [1.807, 2.05) is 66.9 Å². The zero-order valence-electron chi connectivity index (χ0n) is 20.9. The van der Waals surface area contributed by atoms with Gasteiger partial charge in [-0.25, -0.2) is 0 Å². The summed E-state index contributed by atoms with van der Waals surface area (Å²) in [5, 5.41) is 15.1. The lowest BCUT2D eigenvalue weighted by molar-refractivity contribution is -0.121. The number of nitrogens with one attached hydrogen (secondary N) is 2. The van der Waals surface area contributed by atoms with Crippen molar-refractivity contribution in [3.05, 3.63) is 65.5 Å². The molecule has 1 atom stereocenters. The van der Waals surface area contributed by atoms with E-state index in [0.29, 0.717) is 23.4 Å². The van der Waals surface area contributed by atoms with Crippen molar-refractivity contribution >= 4 is 29.3 Å². The van der Waals surface area contributed by atoms with E-state index in [9.17, 15) is 9.59 Å². The number of carbonyl (C=O) groups is 2. The summed E-state index contributed by atoms with van der Waals surface area (Å²) in [4.78, 5) is 25.0. The Morgan fingerprint density at radius 1 is 1.00 bits per heavy atom. The van der Waals surface area contributed by atoms with E-state index in [1.54, 1.807) is 7.11 Å². The predicted octanol–water partition coefficient (Wildman–Crippen LogP) is 4.58. The first-order valence-electron chi connectivity index (χ1n) is 11.7. The Morgan fingerprint density at radius 3 is 2.29 bits per heavy atom. The minimum atomic E-state index is -0.323. The maximum atomic E-state index is 12.5. The second kappa shape index (κ2) is 12.4. The van der Waals surface area contributed by atoms with Crippen LogP contribution in [0.25, 0.3) is 0 Å². The first kappa shape index (κ1) is 26.3. The lowest BCUT2D eigenvalue weighted by atomic mass is 10.0. The molecule has 2 amide bonds. The van der Waals surface area contributed by atoms with Crippen LogP contribution in [0, 0.1) is 0 Å². The van der Waals surface area contributed by atoms with Crippen molar-refractivity contribution in [3.8, 4) is 5.75 Å². The van der Waals surface area contributed by atoms with Crippen LogP contribution in [0.5, 0.6) is 5.75 Å². The standard InChI is InChI=1S/C26H33N5O3S/c1-6-31-25(18(4)27-23(32)15-19-7-13-22(34-5)14-8-19)29-30-26(31)35-16-24(33)28-21-11-9-20(10-12-21)17(2)3/h7-14,17-18H,6,15-16H2,1-5H3,(H,27,32)(H,28,33). The van der Waals surface area contributed by atoms with Gasteiger partial charge in [0.25, 0.3) is 0 Å². The summed E-state index contributed by atoms with van der Waals surface area (Å²) in [5.41, 5.74) is 2.89. The van der Waals surface area contributed by atoms with Gasteiger partial charge in [-0.2, -0.15) is 0 Å². The molecule has 0 aliphatic rings. The van der Waals surface area contributed by atoms with E-state index in [1.165, 1.54) is 17.3 Å². The van der Waals surface area contributed by atoms with Gasteiger partial charge >= 0.3 is 0 Å². The quantitative estimate of drug-likeness (QED) is 0.378. The van der Waals surface area contributed by atoms with Crippen LogP contribution in [0.2, 0.25) is 0 Å². The molecule has 2 N–H and O–H groups in total. The lowest BCUT2D eigenvalue weighted by Gasteiger charge is -2.15. The Morgan fingerprint density at radius 2 is 1.69 bits per heavy atom. The Balaban J connectivity index is 1.55. The van der Waals surface area contributed by atoms with Crippen molar-refractivity contribution in [2.45, 2.75) is 57.8 Å². The molecule has 0 bridgehead atoms. The number of aromatic nitrogens is 3. The average Bonchev–Trinajstić information content (AvgIpc) is 3.26. The van der Waals surface area contributed by atoms with Crippen LogP contribution in [-0.2, 0) is 22.6 Å². The number of ether oxygens (including phenoxy) is 1. The van der Waals surface area contributed by atoms with Crippen molar-refractivity contribution in [1.82, 2.24) is 20.1 Å². The maximum Gasteiger partial charge on any atom is 0.234 e. The third-order valence-corrected chi connectivity index (χ3v) is 6.51. The maximum absolute atomic E-state index is 12.5. The molecule has 35 heavy (non-hydrogen) atoms. The van der Waals surface area contributed by atoms with Crippen LogP contribution in [-0.4, -0.2) is 39.4 Å². The van der Waals surface area contributed by atoms with Gasteiger partial charge in [0.15, 0.2) is 11.0 Å². The highest BCUT2D eigenvalue weighted by Crippen LogP contribution is 2.22. The Bertz CT molecular complexity index is 1130. The summed E-state index contributed by atoms with van der Waals surface area (Å²) in [7, 11) is 1.61. The van der Waals surface area contributed by atoms with Gasteiger partial charge in [-0.15, -0.1) is 10.2 Å². The van der Waals surface area contributed by atoms with Gasteiger partial charge in [0.05, 0.1) is 25.3 Å². The van der Waals surface area contributed by atoms with Crippen molar-refractivity contribution in [2.75, 3.05) is 18.2 Å². The number of rotatable bonds is 11.